The molecule has 3 heterocycles. The molecular formula is C19H20Br2F3N5O. The topological polar surface area (TPSA) is 53.4 Å². The molecule has 2 aliphatic heterocycles. The van der Waals surface area contributed by atoms with E-state index in [1.165, 1.54) is 0 Å². The fourth-order valence-electron chi connectivity index (χ4n) is 3.80. The lowest BCUT2D eigenvalue weighted by Gasteiger charge is -2.33. The zero-order valence-corrected chi connectivity index (χ0v) is 19.3. The van der Waals surface area contributed by atoms with Crippen LogP contribution < -0.4 is 5.32 Å². The van der Waals surface area contributed by atoms with Crippen LogP contribution in [-0.2, 0) is 0 Å². The van der Waals surface area contributed by atoms with Gasteiger partial charge in [0.15, 0.2) is 11.7 Å². The van der Waals surface area contributed by atoms with Crippen molar-refractivity contribution in [3.8, 4) is 0 Å². The summed E-state index contributed by atoms with van der Waals surface area (Å²) in [7, 11) is 1.97. The van der Waals surface area contributed by atoms with E-state index in [2.05, 4.69) is 47.2 Å². The Bertz CT molecular complexity index is 939. The molecule has 1 amide bonds. The summed E-state index contributed by atoms with van der Waals surface area (Å²) in [4.78, 5) is 16.7. The number of piperazine rings is 1. The Morgan fingerprint density at radius 3 is 2.37 bits per heavy atom. The molecule has 4 rings (SSSR count). The summed E-state index contributed by atoms with van der Waals surface area (Å²) in [6.07, 6.45) is -4.71. The van der Waals surface area contributed by atoms with E-state index in [1.54, 1.807) is 29.2 Å². The highest BCUT2D eigenvalue weighted by molar-refractivity contribution is 9.11. The Morgan fingerprint density at radius 2 is 1.77 bits per heavy atom. The highest BCUT2D eigenvalue weighted by Gasteiger charge is 2.48. The van der Waals surface area contributed by atoms with Crippen molar-refractivity contribution >= 4 is 43.6 Å². The molecule has 1 N–H and O–H groups in total. The van der Waals surface area contributed by atoms with Gasteiger partial charge in [0.1, 0.15) is 5.82 Å². The molecule has 0 spiro atoms. The molecule has 1 aromatic carbocycles. The van der Waals surface area contributed by atoms with E-state index in [0.29, 0.717) is 26.2 Å². The van der Waals surface area contributed by atoms with Gasteiger partial charge < -0.3 is 15.1 Å². The highest BCUT2D eigenvalue weighted by Crippen LogP contribution is 2.46. The summed E-state index contributed by atoms with van der Waals surface area (Å²) in [5.41, 5.74) is 0.742. The van der Waals surface area contributed by atoms with Gasteiger partial charge in [-0.2, -0.15) is 18.3 Å². The van der Waals surface area contributed by atoms with Gasteiger partial charge in [-0.1, -0.05) is 28.1 Å². The van der Waals surface area contributed by atoms with Gasteiger partial charge in [-0.15, -0.1) is 0 Å². The van der Waals surface area contributed by atoms with Crippen molar-refractivity contribution in [2.24, 2.45) is 0 Å². The van der Waals surface area contributed by atoms with Crippen molar-refractivity contribution in [1.29, 1.82) is 0 Å². The number of fused-ring (bicyclic) bond motifs is 1. The van der Waals surface area contributed by atoms with Crippen LogP contribution in [0.25, 0.3) is 0 Å². The molecule has 0 unspecified atom stereocenters. The summed E-state index contributed by atoms with van der Waals surface area (Å²) in [6, 6.07) is 4.77. The summed E-state index contributed by atoms with van der Waals surface area (Å²) < 4.78 is 43.7. The molecule has 1 aromatic heterocycles. The van der Waals surface area contributed by atoms with Gasteiger partial charge in [0.05, 0.1) is 10.5 Å². The normalized spacial score (nSPS) is 22.5. The quantitative estimate of drug-likeness (QED) is 0.600. The second-order valence-electron chi connectivity index (χ2n) is 7.59. The van der Waals surface area contributed by atoms with Crippen LogP contribution in [0, 0.1) is 0 Å². The number of carbonyl (C=O) groups is 1. The predicted octanol–water partition coefficient (Wildman–Crippen LogP) is 4.46. The third-order valence-corrected chi connectivity index (χ3v) is 6.84. The van der Waals surface area contributed by atoms with Crippen molar-refractivity contribution < 1.29 is 18.0 Å². The van der Waals surface area contributed by atoms with Gasteiger partial charge in [-0.05, 0) is 40.7 Å². The molecule has 6 nitrogen and oxygen atoms in total. The maximum atomic E-state index is 13.9. The minimum Gasteiger partial charge on any atom is -0.362 e. The third kappa shape index (κ3) is 4.11. The minimum atomic E-state index is -4.50. The number of alkyl halides is 3. The maximum Gasteiger partial charge on any atom is 0.410 e. The number of rotatable bonds is 2. The Morgan fingerprint density at radius 1 is 1.13 bits per heavy atom. The van der Waals surface area contributed by atoms with Crippen molar-refractivity contribution in [2.75, 3.05) is 38.5 Å². The fraction of sp³-hybridized carbons (Fsp3) is 0.474. The molecule has 11 heteroatoms. The van der Waals surface area contributed by atoms with Crippen molar-refractivity contribution in [2.45, 2.75) is 24.7 Å². The Hall–Kier alpha value is -1.59. The van der Waals surface area contributed by atoms with Gasteiger partial charge in [0, 0.05) is 37.1 Å². The van der Waals surface area contributed by atoms with E-state index < -0.39 is 18.3 Å². The number of nitrogens with zero attached hydrogens (tertiary/aromatic N) is 4. The van der Waals surface area contributed by atoms with Crippen LogP contribution in [0.4, 0.5) is 19.0 Å². The van der Waals surface area contributed by atoms with E-state index in [-0.39, 0.29) is 28.3 Å². The standard InChI is InChI=1S/C19H20Br2F3N5O/c1-27-6-8-28(9-7-27)18(30)16-15(21)17-25-13(11-2-4-12(20)5-3-11)10-14(19(22,23)24)29(17)26-16/h2-5,13-14,25H,6-10H2,1H3/t13-,14+/m0/s1. The first-order valence-electron chi connectivity index (χ1n) is 9.49. The number of carbonyl (C=O) groups excluding carboxylic acids is 1. The van der Waals surface area contributed by atoms with Gasteiger partial charge in [0.2, 0.25) is 0 Å². The monoisotopic (exact) mass is 549 g/mol. The Balaban J connectivity index is 1.69. The van der Waals surface area contributed by atoms with Gasteiger partial charge in [-0.3, -0.25) is 4.79 Å². The first-order valence-corrected chi connectivity index (χ1v) is 11.1. The molecule has 162 valence electrons. The summed E-state index contributed by atoms with van der Waals surface area (Å²) >= 11 is 6.69. The number of hydrogen-bond acceptors (Lipinski definition) is 4. The van der Waals surface area contributed by atoms with E-state index in [0.717, 1.165) is 14.7 Å². The van der Waals surface area contributed by atoms with Gasteiger partial charge in [0.25, 0.3) is 5.91 Å². The highest BCUT2D eigenvalue weighted by atomic mass is 79.9. The van der Waals surface area contributed by atoms with Crippen molar-refractivity contribution in [3.05, 3.63) is 44.5 Å². The van der Waals surface area contributed by atoms with E-state index in [1.807, 2.05) is 7.05 Å². The smallest absolute Gasteiger partial charge is 0.362 e. The molecule has 30 heavy (non-hydrogen) atoms. The average molecular weight is 551 g/mol. The third-order valence-electron chi connectivity index (χ3n) is 5.56. The lowest BCUT2D eigenvalue weighted by atomic mass is 9.97. The van der Waals surface area contributed by atoms with Crippen LogP contribution in [0.15, 0.2) is 33.2 Å². The van der Waals surface area contributed by atoms with Crippen LogP contribution in [0.1, 0.15) is 34.6 Å². The molecule has 2 aromatic rings. The molecule has 0 radical (unpaired) electrons. The number of aromatic nitrogens is 2. The average Bonchev–Trinajstić information content (AvgIpc) is 3.04. The molecule has 0 bridgehead atoms. The van der Waals surface area contributed by atoms with E-state index in [4.69, 9.17) is 0 Å². The second kappa shape index (κ2) is 8.16. The summed E-state index contributed by atoms with van der Waals surface area (Å²) in [5, 5.41) is 7.26. The zero-order valence-electron chi connectivity index (χ0n) is 16.1. The van der Waals surface area contributed by atoms with E-state index in [9.17, 15) is 18.0 Å². The molecule has 1 fully saturated rings. The Kier molecular flexibility index (Phi) is 5.88. The predicted molar refractivity (Wildman–Crippen MR) is 114 cm³/mol. The SMILES string of the molecule is CN1CCN(C(=O)c2nn3c(c2Br)N[C@H](c2ccc(Br)cc2)C[C@@H]3C(F)(F)F)CC1. The molecule has 2 aliphatic rings. The summed E-state index contributed by atoms with van der Waals surface area (Å²) in [6.45, 7) is 2.46. The zero-order chi connectivity index (χ0) is 21.6. The number of benzene rings is 1. The molecular weight excluding hydrogens is 531 g/mol. The molecule has 0 saturated carbocycles. The fourth-order valence-corrected chi connectivity index (χ4v) is 4.61. The lowest BCUT2D eigenvalue weighted by Crippen LogP contribution is -2.47. The lowest BCUT2D eigenvalue weighted by molar-refractivity contribution is -0.173. The van der Waals surface area contributed by atoms with Gasteiger partial charge >= 0.3 is 6.18 Å². The van der Waals surface area contributed by atoms with Crippen LogP contribution in [-0.4, -0.2) is 64.9 Å². The van der Waals surface area contributed by atoms with Crippen LogP contribution >= 0.6 is 31.9 Å². The largest absolute Gasteiger partial charge is 0.410 e. The first-order chi connectivity index (χ1) is 14.1. The number of likely N-dealkylation sites (N-methyl/N-ethyl adjacent to an activating group) is 1. The van der Waals surface area contributed by atoms with Gasteiger partial charge in [-0.25, -0.2) is 4.68 Å². The molecule has 2 atom stereocenters. The van der Waals surface area contributed by atoms with Crippen molar-refractivity contribution in [1.82, 2.24) is 19.6 Å². The Labute approximate surface area is 188 Å². The number of halogens is 5. The molecule has 0 aliphatic carbocycles. The summed E-state index contributed by atoms with van der Waals surface area (Å²) in [5.74, 6) is -0.186. The first kappa shape index (κ1) is 21.6. The van der Waals surface area contributed by atoms with Crippen LogP contribution in [0.2, 0.25) is 0 Å². The molecule has 1 saturated heterocycles. The minimum absolute atomic E-state index is 0.00718. The number of amides is 1. The van der Waals surface area contributed by atoms with Crippen LogP contribution in [0.5, 0.6) is 0 Å². The second-order valence-corrected chi connectivity index (χ2v) is 9.30. The number of anilines is 1. The van der Waals surface area contributed by atoms with E-state index >= 15 is 0 Å². The number of nitrogens with one attached hydrogen (secondary N) is 1. The maximum absolute atomic E-state index is 13.9. The van der Waals surface area contributed by atoms with Crippen molar-refractivity contribution in [3.63, 3.8) is 0 Å². The van der Waals surface area contributed by atoms with Crippen LogP contribution in [0.3, 0.4) is 0 Å². The number of hydrogen-bond donors (Lipinski definition) is 1.